The molecule has 6 nitrogen and oxygen atoms in total. The normalized spacial score (nSPS) is 26.6. The van der Waals surface area contributed by atoms with Crippen LogP contribution < -0.4 is 11.5 Å². The van der Waals surface area contributed by atoms with Gasteiger partial charge in [0.25, 0.3) is 5.91 Å². The molecule has 0 aromatic rings. The zero-order valence-corrected chi connectivity index (χ0v) is 10.4. The van der Waals surface area contributed by atoms with Gasteiger partial charge in [-0.1, -0.05) is 0 Å². The fourth-order valence-corrected chi connectivity index (χ4v) is 2.13. The number of ether oxygens (including phenoxy) is 1. The van der Waals surface area contributed by atoms with E-state index in [0.717, 1.165) is 12.8 Å². The van der Waals surface area contributed by atoms with Gasteiger partial charge in [0.2, 0.25) is 5.91 Å². The van der Waals surface area contributed by atoms with Crippen LogP contribution in [0.3, 0.4) is 0 Å². The van der Waals surface area contributed by atoms with Gasteiger partial charge in [-0.05, 0) is 19.8 Å². The topological polar surface area (TPSA) is 98.7 Å². The van der Waals surface area contributed by atoms with Gasteiger partial charge in [0.15, 0.2) is 0 Å². The molecule has 0 bridgehead atoms. The van der Waals surface area contributed by atoms with E-state index >= 15 is 0 Å². The van der Waals surface area contributed by atoms with Gasteiger partial charge in [0.1, 0.15) is 6.10 Å². The summed E-state index contributed by atoms with van der Waals surface area (Å²) in [5, 5.41) is 0. The van der Waals surface area contributed by atoms with Crippen molar-refractivity contribution >= 4 is 11.8 Å². The highest BCUT2D eigenvalue weighted by atomic mass is 16.5. The molecule has 0 aromatic carbocycles. The standard InChI is InChI=1S/C11H21N3O3/c1-7-3-4-8(10(13)15)6-14(7)11(16)9(5-12)17-2/h7-9H,3-6,12H2,1-2H3,(H2,13,15). The van der Waals surface area contributed by atoms with Gasteiger partial charge in [0, 0.05) is 26.2 Å². The number of likely N-dealkylation sites (tertiary alicyclic amines) is 1. The first-order valence-corrected chi connectivity index (χ1v) is 5.83. The first-order valence-electron chi connectivity index (χ1n) is 5.83. The van der Waals surface area contributed by atoms with E-state index in [1.54, 1.807) is 4.90 Å². The lowest BCUT2D eigenvalue weighted by Gasteiger charge is -2.38. The summed E-state index contributed by atoms with van der Waals surface area (Å²) in [5.41, 5.74) is 10.7. The Hall–Kier alpha value is -1.14. The molecule has 1 saturated heterocycles. The van der Waals surface area contributed by atoms with Crippen LogP contribution >= 0.6 is 0 Å². The van der Waals surface area contributed by atoms with Crippen molar-refractivity contribution in [3.63, 3.8) is 0 Å². The molecule has 6 heteroatoms. The zero-order valence-electron chi connectivity index (χ0n) is 10.4. The van der Waals surface area contributed by atoms with E-state index in [-0.39, 0.29) is 30.3 Å². The smallest absolute Gasteiger partial charge is 0.253 e. The minimum absolute atomic E-state index is 0.0994. The van der Waals surface area contributed by atoms with Crippen molar-refractivity contribution < 1.29 is 14.3 Å². The second kappa shape index (κ2) is 5.97. The Morgan fingerprint density at radius 3 is 2.59 bits per heavy atom. The average molecular weight is 243 g/mol. The maximum atomic E-state index is 12.1. The van der Waals surface area contributed by atoms with Crippen molar-refractivity contribution in [3.05, 3.63) is 0 Å². The number of nitrogens with zero attached hydrogens (tertiary/aromatic N) is 1. The Kier molecular flexibility index (Phi) is 4.89. The van der Waals surface area contributed by atoms with E-state index in [2.05, 4.69) is 0 Å². The van der Waals surface area contributed by atoms with Crippen LogP contribution in [0.2, 0.25) is 0 Å². The third-order valence-electron chi connectivity index (χ3n) is 3.34. The van der Waals surface area contributed by atoms with Crippen molar-refractivity contribution in [2.75, 3.05) is 20.2 Å². The second-order valence-electron chi connectivity index (χ2n) is 4.48. The molecule has 4 N–H and O–H groups in total. The molecule has 1 rings (SSSR count). The highest BCUT2D eigenvalue weighted by Gasteiger charge is 2.34. The van der Waals surface area contributed by atoms with Crippen molar-refractivity contribution in [2.45, 2.75) is 31.9 Å². The van der Waals surface area contributed by atoms with E-state index in [0.29, 0.717) is 6.54 Å². The monoisotopic (exact) mass is 243 g/mol. The molecule has 2 amide bonds. The van der Waals surface area contributed by atoms with Gasteiger partial charge >= 0.3 is 0 Å². The van der Waals surface area contributed by atoms with Gasteiger partial charge in [-0.15, -0.1) is 0 Å². The molecule has 98 valence electrons. The molecule has 17 heavy (non-hydrogen) atoms. The van der Waals surface area contributed by atoms with Gasteiger partial charge in [0.05, 0.1) is 5.92 Å². The summed E-state index contributed by atoms with van der Waals surface area (Å²) in [6, 6.07) is 0.0994. The number of nitrogens with two attached hydrogens (primary N) is 2. The molecule has 1 aliphatic heterocycles. The summed E-state index contributed by atoms with van der Waals surface area (Å²) >= 11 is 0. The first kappa shape index (κ1) is 13.9. The molecular formula is C11H21N3O3. The Bertz CT molecular complexity index is 292. The maximum absolute atomic E-state index is 12.1. The summed E-state index contributed by atoms with van der Waals surface area (Å²) in [5.74, 6) is -0.768. The maximum Gasteiger partial charge on any atom is 0.253 e. The highest BCUT2D eigenvalue weighted by Crippen LogP contribution is 2.22. The summed E-state index contributed by atoms with van der Waals surface area (Å²) in [4.78, 5) is 24.9. The molecule has 3 unspecified atom stereocenters. The van der Waals surface area contributed by atoms with Crippen LogP contribution in [0.15, 0.2) is 0 Å². The number of methoxy groups -OCH3 is 1. The number of amides is 2. The van der Waals surface area contributed by atoms with Crippen LogP contribution in [0.5, 0.6) is 0 Å². The lowest BCUT2D eigenvalue weighted by atomic mass is 9.92. The van der Waals surface area contributed by atoms with Crippen LogP contribution in [0.25, 0.3) is 0 Å². The van der Waals surface area contributed by atoms with Crippen LogP contribution in [0.1, 0.15) is 19.8 Å². The SMILES string of the molecule is COC(CN)C(=O)N1CC(C(N)=O)CCC1C. The Labute approximate surface area is 101 Å². The Morgan fingerprint density at radius 2 is 2.12 bits per heavy atom. The lowest BCUT2D eigenvalue weighted by molar-refractivity contribution is -0.147. The van der Waals surface area contributed by atoms with E-state index in [9.17, 15) is 9.59 Å². The number of hydrogen-bond donors (Lipinski definition) is 2. The van der Waals surface area contributed by atoms with E-state index in [1.807, 2.05) is 6.92 Å². The van der Waals surface area contributed by atoms with Crippen molar-refractivity contribution in [1.29, 1.82) is 0 Å². The van der Waals surface area contributed by atoms with Gasteiger partial charge in [-0.25, -0.2) is 0 Å². The molecule has 0 saturated carbocycles. The summed E-state index contributed by atoms with van der Waals surface area (Å²) in [7, 11) is 1.45. The third-order valence-corrected chi connectivity index (χ3v) is 3.34. The van der Waals surface area contributed by atoms with E-state index < -0.39 is 6.10 Å². The quantitative estimate of drug-likeness (QED) is 0.666. The largest absolute Gasteiger partial charge is 0.370 e. The van der Waals surface area contributed by atoms with Crippen molar-refractivity contribution in [1.82, 2.24) is 4.90 Å². The van der Waals surface area contributed by atoms with Gasteiger partial charge < -0.3 is 21.1 Å². The number of piperidine rings is 1. The number of hydrogen-bond acceptors (Lipinski definition) is 4. The second-order valence-corrected chi connectivity index (χ2v) is 4.48. The lowest BCUT2D eigenvalue weighted by Crippen LogP contribution is -2.53. The highest BCUT2D eigenvalue weighted by molar-refractivity contribution is 5.83. The molecule has 0 radical (unpaired) electrons. The van der Waals surface area contributed by atoms with Crippen molar-refractivity contribution in [3.8, 4) is 0 Å². The zero-order chi connectivity index (χ0) is 13.0. The van der Waals surface area contributed by atoms with Gasteiger partial charge in [-0.2, -0.15) is 0 Å². The molecule has 1 heterocycles. The first-order chi connectivity index (χ1) is 8.01. The van der Waals surface area contributed by atoms with Crippen LogP contribution in [0, 0.1) is 5.92 Å². The minimum atomic E-state index is -0.635. The molecule has 3 atom stereocenters. The predicted octanol–water partition coefficient (Wildman–Crippen LogP) is -0.927. The fourth-order valence-electron chi connectivity index (χ4n) is 2.13. The number of carbonyl (C=O) groups is 2. The molecule has 0 aliphatic carbocycles. The summed E-state index contributed by atoms with van der Waals surface area (Å²) in [6.07, 6.45) is 0.880. The van der Waals surface area contributed by atoms with E-state index in [1.165, 1.54) is 7.11 Å². The fraction of sp³-hybridized carbons (Fsp3) is 0.818. The van der Waals surface area contributed by atoms with Crippen LogP contribution in [0.4, 0.5) is 0 Å². The molecular weight excluding hydrogens is 222 g/mol. The van der Waals surface area contributed by atoms with E-state index in [4.69, 9.17) is 16.2 Å². The van der Waals surface area contributed by atoms with Crippen LogP contribution in [-0.4, -0.2) is 49.1 Å². The average Bonchev–Trinajstić information content (AvgIpc) is 2.30. The Balaban J connectivity index is 2.72. The molecule has 0 aromatic heterocycles. The Morgan fingerprint density at radius 1 is 1.47 bits per heavy atom. The number of carbonyl (C=O) groups excluding carboxylic acids is 2. The van der Waals surface area contributed by atoms with Gasteiger partial charge in [-0.3, -0.25) is 9.59 Å². The summed E-state index contributed by atoms with van der Waals surface area (Å²) < 4.78 is 5.03. The van der Waals surface area contributed by atoms with Crippen molar-refractivity contribution in [2.24, 2.45) is 17.4 Å². The summed E-state index contributed by atoms with van der Waals surface area (Å²) in [6.45, 7) is 2.47. The number of primary amides is 1. The third kappa shape index (κ3) is 3.17. The molecule has 1 aliphatic rings. The number of rotatable bonds is 4. The van der Waals surface area contributed by atoms with Crippen LogP contribution in [-0.2, 0) is 14.3 Å². The predicted molar refractivity (Wildman–Crippen MR) is 62.9 cm³/mol. The molecule has 0 spiro atoms. The molecule has 1 fully saturated rings. The minimum Gasteiger partial charge on any atom is -0.370 e.